The van der Waals surface area contributed by atoms with Gasteiger partial charge in [-0.1, -0.05) is 13.8 Å². The molecule has 0 aliphatic carbocycles. The molecule has 0 saturated heterocycles. The van der Waals surface area contributed by atoms with Crippen LogP contribution in [-0.4, -0.2) is 28.2 Å². The number of hydrogen-bond donors (Lipinski definition) is 2. The molecular formula is C10H17N3O. The third kappa shape index (κ3) is 3.30. The van der Waals surface area contributed by atoms with Crippen LogP contribution in [0.1, 0.15) is 19.7 Å². The minimum Gasteiger partial charge on any atom is -0.396 e. The zero-order valence-corrected chi connectivity index (χ0v) is 8.91. The van der Waals surface area contributed by atoms with Gasteiger partial charge in [0.2, 0.25) is 0 Å². The highest BCUT2D eigenvalue weighted by Gasteiger charge is 2.15. The number of anilines is 1. The molecule has 0 aliphatic heterocycles. The van der Waals surface area contributed by atoms with Crippen molar-refractivity contribution in [1.82, 2.24) is 9.97 Å². The lowest BCUT2D eigenvalue weighted by Crippen LogP contribution is -2.26. The fraction of sp³-hybridized carbons (Fsp3) is 0.600. The molecule has 0 bridgehead atoms. The first kappa shape index (κ1) is 10.9. The van der Waals surface area contributed by atoms with Crippen molar-refractivity contribution in [3.05, 3.63) is 18.2 Å². The number of aliphatic hydroxyl groups is 1. The van der Waals surface area contributed by atoms with Gasteiger partial charge in [0.1, 0.15) is 5.82 Å². The van der Waals surface area contributed by atoms with Crippen LogP contribution in [0.3, 0.4) is 0 Å². The Labute approximate surface area is 84.4 Å². The van der Waals surface area contributed by atoms with Crippen molar-refractivity contribution in [2.45, 2.75) is 20.8 Å². The van der Waals surface area contributed by atoms with Gasteiger partial charge in [0.25, 0.3) is 0 Å². The first-order valence-electron chi connectivity index (χ1n) is 4.67. The summed E-state index contributed by atoms with van der Waals surface area (Å²) < 4.78 is 0. The van der Waals surface area contributed by atoms with Crippen LogP contribution in [0.25, 0.3) is 0 Å². The van der Waals surface area contributed by atoms with Crippen LogP contribution in [0.5, 0.6) is 0 Å². The van der Waals surface area contributed by atoms with Crippen LogP contribution in [-0.2, 0) is 0 Å². The quantitative estimate of drug-likeness (QED) is 0.758. The largest absolute Gasteiger partial charge is 0.396 e. The molecule has 1 aromatic heterocycles. The lowest BCUT2D eigenvalue weighted by Gasteiger charge is -2.22. The molecule has 14 heavy (non-hydrogen) atoms. The van der Waals surface area contributed by atoms with Crippen LogP contribution in [0.4, 0.5) is 5.69 Å². The maximum Gasteiger partial charge on any atom is 0.125 e. The number of aromatic nitrogens is 2. The summed E-state index contributed by atoms with van der Waals surface area (Å²) in [7, 11) is 0. The third-order valence-corrected chi connectivity index (χ3v) is 1.98. The molecule has 0 aliphatic rings. The van der Waals surface area contributed by atoms with Gasteiger partial charge in [-0.05, 0) is 6.92 Å². The predicted molar refractivity (Wildman–Crippen MR) is 56.1 cm³/mol. The summed E-state index contributed by atoms with van der Waals surface area (Å²) in [5.74, 6) is 0.761. The number of nitrogens with one attached hydrogen (secondary N) is 1. The van der Waals surface area contributed by atoms with E-state index < -0.39 is 0 Å². The van der Waals surface area contributed by atoms with Gasteiger partial charge >= 0.3 is 0 Å². The fourth-order valence-corrected chi connectivity index (χ4v) is 0.881. The molecule has 4 nitrogen and oxygen atoms in total. The minimum absolute atomic E-state index is 0.120. The highest BCUT2D eigenvalue weighted by Crippen LogP contribution is 2.14. The summed E-state index contributed by atoms with van der Waals surface area (Å²) >= 11 is 0. The summed E-state index contributed by atoms with van der Waals surface area (Å²) in [4.78, 5) is 8.14. The van der Waals surface area contributed by atoms with Gasteiger partial charge in [-0.25, -0.2) is 9.97 Å². The number of hydrogen-bond acceptors (Lipinski definition) is 4. The summed E-state index contributed by atoms with van der Waals surface area (Å²) in [6.45, 7) is 6.70. The van der Waals surface area contributed by atoms with Crippen molar-refractivity contribution in [3.8, 4) is 0 Å². The lowest BCUT2D eigenvalue weighted by atomic mass is 9.95. The van der Waals surface area contributed by atoms with Crippen LogP contribution in [0, 0.1) is 12.3 Å². The molecule has 2 N–H and O–H groups in total. The number of aliphatic hydroxyl groups excluding tert-OH is 1. The number of rotatable bonds is 4. The molecule has 0 saturated carbocycles. The van der Waals surface area contributed by atoms with E-state index >= 15 is 0 Å². The van der Waals surface area contributed by atoms with Gasteiger partial charge < -0.3 is 10.4 Å². The second-order valence-electron chi connectivity index (χ2n) is 4.19. The summed E-state index contributed by atoms with van der Waals surface area (Å²) in [5.41, 5.74) is 0.766. The van der Waals surface area contributed by atoms with Crippen molar-refractivity contribution < 1.29 is 5.11 Å². The highest BCUT2D eigenvalue weighted by atomic mass is 16.3. The van der Waals surface area contributed by atoms with E-state index in [2.05, 4.69) is 15.3 Å². The Bertz CT molecular complexity index is 282. The molecule has 78 valence electrons. The molecular weight excluding hydrogens is 178 g/mol. The second-order valence-corrected chi connectivity index (χ2v) is 4.19. The average Bonchev–Trinajstić information content (AvgIpc) is 2.17. The number of nitrogens with zero attached hydrogens (tertiary/aromatic N) is 2. The van der Waals surface area contributed by atoms with Gasteiger partial charge in [-0.3, -0.25) is 0 Å². The van der Waals surface area contributed by atoms with Gasteiger partial charge in [0, 0.05) is 18.6 Å². The topological polar surface area (TPSA) is 58.0 Å². The van der Waals surface area contributed by atoms with E-state index in [-0.39, 0.29) is 12.0 Å². The zero-order chi connectivity index (χ0) is 10.6. The monoisotopic (exact) mass is 195 g/mol. The second kappa shape index (κ2) is 4.37. The van der Waals surface area contributed by atoms with Crippen molar-refractivity contribution in [3.63, 3.8) is 0 Å². The van der Waals surface area contributed by atoms with Crippen molar-refractivity contribution in [2.24, 2.45) is 5.41 Å². The summed E-state index contributed by atoms with van der Waals surface area (Å²) in [6.07, 6.45) is 3.49. The fourth-order valence-electron chi connectivity index (χ4n) is 0.881. The Morgan fingerprint density at radius 2 is 1.93 bits per heavy atom. The van der Waals surface area contributed by atoms with E-state index in [0.717, 1.165) is 11.5 Å². The summed E-state index contributed by atoms with van der Waals surface area (Å²) in [5, 5.41) is 12.2. The molecule has 0 aromatic carbocycles. The third-order valence-electron chi connectivity index (χ3n) is 1.98. The zero-order valence-electron chi connectivity index (χ0n) is 8.91. The molecule has 0 radical (unpaired) electrons. The van der Waals surface area contributed by atoms with Crippen LogP contribution >= 0.6 is 0 Å². The highest BCUT2D eigenvalue weighted by molar-refractivity contribution is 5.37. The normalized spacial score (nSPS) is 11.4. The molecule has 0 atom stereocenters. The van der Waals surface area contributed by atoms with Crippen LogP contribution in [0.2, 0.25) is 0 Å². The van der Waals surface area contributed by atoms with Gasteiger partial charge in [0.05, 0.1) is 18.1 Å². The smallest absolute Gasteiger partial charge is 0.125 e. The maximum atomic E-state index is 9.04. The summed E-state index contributed by atoms with van der Waals surface area (Å²) in [6, 6.07) is 0. The molecule has 0 amide bonds. The van der Waals surface area contributed by atoms with E-state index in [0.29, 0.717) is 6.54 Å². The molecule has 1 heterocycles. The maximum absolute atomic E-state index is 9.04. The van der Waals surface area contributed by atoms with Gasteiger partial charge in [0.15, 0.2) is 0 Å². The van der Waals surface area contributed by atoms with E-state index in [1.807, 2.05) is 20.8 Å². The SMILES string of the molecule is Cc1ncc(NCC(C)(C)CO)cn1. The molecule has 1 aromatic rings. The lowest BCUT2D eigenvalue weighted by molar-refractivity contribution is 0.171. The predicted octanol–water partition coefficient (Wildman–Crippen LogP) is 1.22. The molecule has 4 heteroatoms. The van der Waals surface area contributed by atoms with Crippen LogP contribution in [0.15, 0.2) is 12.4 Å². The molecule has 1 rings (SSSR count). The standard InChI is InChI=1S/C10H17N3O/c1-8-11-4-9(5-12-8)13-6-10(2,3)7-14/h4-5,13-14H,6-7H2,1-3H3. The van der Waals surface area contributed by atoms with E-state index in [9.17, 15) is 0 Å². The van der Waals surface area contributed by atoms with Gasteiger partial charge in [-0.15, -0.1) is 0 Å². The first-order chi connectivity index (χ1) is 6.53. The van der Waals surface area contributed by atoms with Crippen molar-refractivity contribution in [1.29, 1.82) is 0 Å². The Morgan fingerprint density at radius 1 is 1.36 bits per heavy atom. The van der Waals surface area contributed by atoms with Crippen molar-refractivity contribution in [2.75, 3.05) is 18.5 Å². The van der Waals surface area contributed by atoms with E-state index in [1.54, 1.807) is 12.4 Å². The average molecular weight is 195 g/mol. The van der Waals surface area contributed by atoms with Crippen LogP contribution < -0.4 is 5.32 Å². The van der Waals surface area contributed by atoms with E-state index in [4.69, 9.17) is 5.11 Å². The Kier molecular flexibility index (Phi) is 3.41. The molecule has 0 spiro atoms. The Hall–Kier alpha value is -1.16. The van der Waals surface area contributed by atoms with E-state index in [1.165, 1.54) is 0 Å². The Balaban J connectivity index is 2.50. The van der Waals surface area contributed by atoms with Gasteiger partial charge in [-0.2, -0.15) is 0 Å². The first-order valence-corrected chi connectivity index (χ1v) is 4.67. The molecule has 0 unspecified atom stereocenters. The van der Waals surface area contributed by atoms with Crippen molar-refractivity contribution >= 4 is 5.69 Å². The minimum atomic E-state index is -0.120. The Morgan fingerprint density at radius 3 is 2.43 bits per heavy atom. The number of aryl methyl sites for hydroxylation is 1. The molecule has 0 fully saturated rings.